The molecule has 0 fully saturated rings. The molecular weight excluding hydrogens is 699 g/mol. The number of rotatable bonds is 7. The number of fused-ring (bicyclic) bond motifs is 6. The molecule has 1 aliphatic heterocycles. The molecule has 56 heavy (non-hydrogen) atoms. The highest BCUT2D eigenvalue weighted by atomic mass is 32.2. The van der Waals surface area contributed by atoms with Crippen molar-refractivity contribution in [1.82, 2.24) is 0 Å². The summed E-state index contributed by atoms with van der Waals surface area (Å²) < 4.78 is 0. The molecule has 0 radical (unpaired) electrons. The quantitative estimate of drug-likeness (QED) is 0.0968. The Morgan fingerprint density at radius 2 is 1.39 bits per heavy atom. The number of allylic oxidation sites excluding steroid dienone is 6. The van der Waals surface area contributed by atoms with Crippen LogP contribution in [0, 0.1) is 5.92 Å². The maximum atomic E-state index is 3.75. The fraction of sp³-hybridized carbons (Fsp3) is 0.154. The van der Waals surface area contributed by atoms with Crippen LogP contribution in [0.5, 0.6) is 0 Å². The minimum absolute atomic E-state index is 0.140. The van der Waals surface area contributed by atoms with Gasteiger partial charge in [-0.05, 0) is 106 Å². The van der Waals surface area contributed by atoms with E-state index in [1.807, 2.05) is 0 Å². The molecule has 0 amide bonds. The average Bonchev–Trinajstić information content (AvgIpc) is 3.44. The Bertz CT molecular complexity index is 2680. The normalized spacial score (nSPS) is 20.0. The summed E-state index contributed by atoms with van der Waals surface area (Å²) in [4.78, 5) is 3.95. The fourth-order valence-corrected chi connectivity index (χ4v) is 10.5. The maximum absolute atomic E-state index is 3.75. The van der Waals surface area contributed by atoms with Crippen LogP contribution in [0.1, 0.15) is 49.4 Å². The maximum Gasteiger partial charge on any atom is 0.176 e. The minimum Gasteiger partial charge on any atom is -0.357 e. The van der Waals surface area contributed by atoms with Gasteiger partial charge in [-0.3, -0.25) is 0 Å². The Labute approximate surface area is 334 Å². The molecule has 6 aromatic carbocycles. The van der Waals surface area contributed by atoms with E-state index in [4.69, 9.17) is 0 Å². The van der Waals surface area contributed by atoms with Crippen molar-refractivity contribution >= 4 is 63.1 Å². The van der Waals surface area contributed by atoms with Crippen LogP contribution >= 0.6 is 0 Å². The van der Waals surface area contributed by atoms with Gasteiger partial charge in [0.2, 0.25) is 0 Å². The molecule has 0 spiro atoms. The van der Waals surface area contributed by atoms with Crippen LogP contribution in [0.25, 0.3) is 34.1 Å². The topological polar surface area (TPSA) is 27.3 Å². The summed E-state index contributed by atoms with van der Waals surface area (Å²) in [6.45, 7) is 6.98. The van der Waals surface area contributed by atoms with Crippen molar-refractivity contribution in [2.24, 2.45) is 5.92 Å². The second-order valence-corrected chi connectivity index (χ2v) is 17.4. The van der Waals surface area contributed by atoms with Crippen LogP contribution in [0.4, 0.5) is 28.4 Å². The summed E-state index contributed by atoms with van der Waals surface area (Å²) in [5.41, 5.74) is 14.7. The molecule has 6 aromatic rings. The monoisotopic (exact) mass is 744 g/mol. The van der Waals surface area contributed by atoms with E-state index in [1.54, 1.807) is 0 Å². The van der Waals surface area contributed by atoms with Gasteiger partial charge in [-0.25, -0.2) is 0 Å². The zero-order valence-electron chi connectivity index (χ0n) is 32.1. The van der Waals surface area contributed by atoms with Gasteiger partial charge in [-0.2, -0.15) is 0 Å². The summed E-state index contributed by atoms with van der Waals surface area (Å²) in [5.74, 6) is 0.537. The largest absolute Gasteiger partial charge is 0.357 e. The van der Waals surface area contributed by atoms with Crippen molar-refractivity contribution in [3.8, 4) is 11.1 Å². The Morgan fingerprint density at radius 3 is 2.27 bits per heavy atom. The Morgan fingerprint density at radius 1 is 0.661 bits per heavy atom. The predicted molar refractivity (Wildman–Crippen MR) is 243 cm³/mol. The highest BCUT2D eigenvalue weighted by Gasteiger charge is 2.40. The molecule has 3 unspecified atom stereocenters. The predicted octanol–water partition coefficient (Wildman–Crippen LogP) is 13.1. The van der Waals surface area contributed by atoms with Gasteiger partial charge in [0.05, 0.1) is 17.1 Å². The summed E-state index contributed by atoms with van der Waals surface area (Å²) in [5, 5.41) is 10.4. The van der Waals surface area contributed by atoms with Crippen molar-refractivity contribution in [1.29, 1.82) is 0 Å². The van der Waals surface area contributed by atoms with Crippen molar-refractivity contribution in [2.75, 3.05) is 15.5 Å². The van der Waals surface area contributed by atoms with Gasteiger partial charge >= 0.3 is 0 Å². The van der Waals surface area contributed by atoms with E-state index < -0.39 is 0 Å². The zero-order valence-corrected chi connectivity index (χ0v) is 33.0. The molecule has 274 valence electrons. The van der Waals surface area contributed by atoms with E-state index in [1.165, 1.54) is 77.9 Å². The van der Waals surface area contributed by atoms with Crippen LogP contribution in [0.15, 0.2) is 174 Å². The third-order valence-electron chi connectivity index (χ3n) is 11.9. The van der Waals surface area contributed by atoms with Gasteiger partial charge in [0.25, 0.3) is 0 Å². The third kappa shape index (κ3) is 6.09. The Kier molecular flexibility index (Phi) is 8.60. The van der Waals surface area contributed by atoms with Gasteiger partial charge in [0.15, 0.2) is 10.1 Å². The lowest BCUT2D eigenvalue weighted by Gasteiger charge is -2.38. The third-order valence-corrected chi connectivity index (χ3v) is 13.4. The van der Waals surface area contributed by atoms with Crippen LogP contribution in [0.3, 0.4) is 0 Å². The van der Waals surface area contributed by atoms with Crippen LogP contribution < -0.4 is 15.5 Å². The lowest BCUT2D eigenvalue weighted by atomic mass is 9.82. The standard InChI is InChI=1S/C52H45N3S/c1-34-13-10-15-37(31-34)53-45-18-4-5-19-46(45)54-38-28-30-41-40-29-26-35(32-43(40)52(2,3)44(41)33-38)25-27-36-14-11-17-42-39(36)16-12-22-47(42)55-48-20-6-8-23-50(48)56-51-24-9-7-21-49(51)55/h4-30,32-34,48,50,53-54H,31H2,1-3H3/p+1/b27-25+. The molecule has 3 nitrogen and oxygen atoms in total. The minimum atomic E-state index is -0.140. The molecule has 0 aromatic heterocycles. The Hall–Kier alpha value is -5.97. The molecule has 10 rings (SSSR count). The van der Waals surface area contributed by atoms with Gasteiger partial charge in [0, 0.05) is 39.6 Å². The second-order valence-electron chi connectivity index (χ2n) is 16.0. The van der Waals surface area contributed by atoms with Crippen LogP contribution in [-0.4, -0.2) is 11.3 Å². The summed E-state index contributed by atoms with van der Waals surface area (Å²) in [6, 6.07) is 45.1. The summed E-state index contributed by atoms with van der Waals surface area (Å²) in [7, 11) is 0. The highest BCUT2D eigenvalue weighted by molar-refractivity contribution is 7.79. The lowest BCUT2D eigenvalue weighted by molar-refractivity contribution is 0.660. The number of para-hydroxylation sites is 3. The molecule has 0 saturated carbocycles. The molecule has 4 aliphatic rings. The molecule has 3 atom stereocenters. The first-order chi connectivity index (χ1) is 27.4. The molecular formula is C52H46N3S+. The van der Waals surface area contributed by atoms with Gasteiger partial charge in [-0.1, -0.05) is 142 Å². The van der Waals surface area contributed by atoms with Gasteiger partial charge in [-0.15, -0.1) is 0 Å². The highest BCUT2D eigenvalue weighted by Crippen LogP contribution is 2.50. The zero-order chi connectivity index (χ0) is 37.8. The van der Waals surface area contributed by atoms with Crippen molar-refractivity contribution < 1.29 is 0 Å². The molecule has 4 heteroatoms. The first-order valence-electron chi connectivity index (χ1n) is 19.8. The lowest BCUT2D eigenvalue weighted by Crippen LogP contribution is -2.44. The smallest absolute Gasteiger partial charge is 0.176 e. The molecule has 3 aliphatic carbocycles. The number of anilines is 5. The summed E-state index contributed by atoms with van der Waals surface area (Å²) in [6.07, 6.45) is 21.3. The molecule has 2 N–H and O–H groups in total. The first-order valence-corrected chi connectivity index (χ1v) is 20.8. The van der Waals surface area contributed by atoms with Gasteiger partial charge < -0.3 is 15.5 Å². The second kappa shape index (κ2) is 14.0. The average molecular weight is 745 g/mol. The molecule has 0 bridgehead atoms. The van der Waals surface area contributed by atoms with E-state index in [0.29, 0.717) is 11.2 Å². The number of nitrogens with zero attached hydrogens (tertiary/aromatic N) is 1. The van der Waals surface area contributed by atoms with Gasteiger partial charge in [0.1, 0.15) is 6.04 Å². The number of benzene rings is 6. The fourth-order valence-electron chi connectivity index (χ4n) is 9.09. The number of hydrogen-bond acceptors (Lipinski definition) is 3. The Balaban J connectivity index is 0.933. The van der Waals surface area contributed by atoms with E-state index >= 15 is 0 Å². The number of hydrogen-bond donors (Lipinski definition) is 2. The van der Waals surface area contributed by atoms with E-state index in [-0.39, 0.29) is 11.5 Å². The van der Waals surface area contributed by atoms with E-state index in [0.717, 1.165) is 23.5 Å². The van der Waals surface area contributed by atoms with E-state index in [2.05, 4.69) is 212 Å². The summed E-state index contributed by atoms with van der Waals surface area (Å²) >= 11 is 1.37. The number of thiol groups is 1. The first kappa shape index (κ1) is 34.5. The van der Waals surface area contributed by atoms with Crippen molar-refractivity contribution in [3.05, 3.63) is 192 Å². The SMILES string of the molecule is CC1C=CC=C(Nc2ccccc2Nc2ccc3c(c2)C(C)(C)c2cc(/C=C/c4cccc5c(N6c7ccccc7[SH+]C7C=CC=CC76)cccc45)ccc2-3)C1. The number of nitrogens with one attached hydrogen (secondary N) is 2. The molecule has 1 heterocycles. The van der Waals surface area contributed by atoms with Crippen LogP contribution in [-0.2, 0) is 17.2 Å². The van der Waals surface area contributed by atoms with Crippen molar-refractivity contribution in [2.45, 2.75) is 48.8 Å². The van der Waals surface area contributed by atoms with Crippen LogP contribution in [0.2, 0.25) is 0 Å². The van der Waals surface area contributed by atoms with Crippen molar-refractivity contribution in [3.63, 3.8) is 0 Å². The van der Waals surface area contributed by atoms with E-state index in [9.17, 15) is 0 Å². The molecule has 0 saturated heterocycles.